The molecule has 94 valence electrons. The molecule has 5 heteroatoms. The molecule has 0 fully saturated rings. The van der Waals surface area contributed by atoms with Crippen LogP contribution in [0.3, 0.4) is 0 Å². The van der Waals surface area contributed by atoms with Crippen LogP contribution >= 0.6 is 11.8 Å². The minimum atomic E-state index is -1.30. The molecule has 0 radical (unpaired) electrons. The summed E-state index contributed by atoms with van der Waals surface area (Å²) in [6, 6.07) is 2.38. The fraction of sp³-hybridized carbons (Fsp3) is 0.417. The molecular formula is C12H16FNO2S. The lowest BCUT2D eigenvalue weighted by Gasteiger charge is -2.10. The molecule has 0 bridgehead atoms. The van der Waals surface area contributed by atoms with Gasteiger partial charge in [0.2, 0.25) is 0 Å². The number of rotatable bonds is 5. The van der Waals surface area contributed by atoms with Crippen LogP contribution in [0.1, 0.15) is 30.6 Å². The molecule has 1 unspecified atom stereocenters. The molecule has 1 atom stereocenters. The summed E-state index contributed by atoms with van der Waals surface area (Å²) in [7, 11) is 0. The van der Waals surface area contributed by atoms with Gasteiger partial charge in [-0.1, -0.05) is 20.3 Å². The number of hydrogen-bond donors (Lipinski definition) is 2. The Hall–Kier alpha value is -1.23. The van der Waals surface area contributed by atoms with Gasteiger partial charge in [0.05, 0.1) is 5.56 Å². The quantitative estimate of drug-likeness (QED) is 0.628. The number of anilines is 1. The predicted molar refractivity (Wildman–Crippen MR) is 68.0 cm³/mol. The van der Waals surface area contributed by atoms with Gasteiger partial charge in [0.1, 0.15) is 5.82 Å². The van der Waals surface area contributed by atoms with E-state index in [2.05, 4.69) is 13.8 Å². The van der Waals surface area contributed by atoms with E-state index in [1.807, 2.05) is 0 Å². The van der Waals surface area contributed by atoms with Gasteiger partial charge in [-0.15, -0.1) is 11.8 Å². The number of thioether (sulfide) groups is 1. The molecule has 0 aliphatic rings. The normalized spacial score (nSPS) is 12.4. The fourth-order valence-corrected chi connectivity index (χ4v) is 2.32. The monoisotopic (exact) mass is 257 g/mol. The lowest BCUT2D eigenvalue weighted by atomic mass is 10.2. The van der Waals surface area contributed by atoms with Gasteiger partial charge in [-0.2, -0.15) is 0 Å². The first kappa shape index (κ1) is 13.8. The Morgan fingerprint density at radius 3 is 2.76 bits per heavy atom. The third-order valence-corrected chi connectivity index (χ3v) is 3.95. The largest absolute Gasteiger partial charge is 0.478 e. The Morgan fingerprint density at radius 2 is 2.24 bits per heavy atom. The third kappa shape index (κ3) is 3.63. The molecule has 0 saturated heterocycles. The van der Waals surface area contributed by atoms with Gasteiger partial charge in [-0.25, -0.2) is 9.18 Å². The van der Waals surface area contributed by atoms with Crippen molar-refractivity contribution < 1.29 is 14.3 Å². The Balaban J connectivity index is 2.88. The maximum Gasteiger partial charge on any atom is 0.338 e. The van der Waals surface area contributed by atoms with Crippen LogP contribution < -0.4 is 5.73 Å². The summed E-state index contributed by atoms with van der Waals surface area (Å²) >= 11 is 1.46. The zero-order valence-corrected chi connectivity index (χ0v) is 10.7. The Morgan fingerprint density at radius 1 is 1.59 bits per heavy atom. The summed E-state index contributed by atoms with van der Waals surface area (Å²) in [4.78, 5) is 11.3. The molecule has 3 nitrogen and oxygen atoms in total. The number of carbonyl (C=O) groups is 1. The predicted octanol–water partition coefficient (Wildman–Crippen LogP) is 3.24. The Kier molecular flexibility index (Phi) is 4.81. The molecule has 0 saturated carbocycles. The third-order valence-electron chi connectivity index (χ3n) is 2.55. The summed E-state index contributed by atoms with van der Waals surface area (Å²) in [5, 5.41) is 8.73. The van der Waals surface area contributed by atoms with Gasteiger partial charge in [0.25, 0.3) is 0 Å². The highest BCUT2D eigenvalue weighted by Crippen LogP contribution is 2.29. The van der Waals surface area contributed by atoms with E-state index in [1.54, 1.807) is 0 Å². The number of nitrogens with two attached hydrogens (primary N) is 1. The smallest absolute Gasteiger partial charge is 0.338 e. The molecule has 17 heavy (non-hydrogen) atoms. The van der Waals surface area contributed by atoms with Crippen LogP contribution in [0, 0.1) is 11.7 Å². The summed E-state index contributed by atoms with van der Waals surface area (Å²) < 4.78 is 13.4. The second-order valence-corrected chi connectivity index (χ2v) is 5.06. The van der Waals surface area contributed by atoms with Crippen molar-refractivity contribution in [2.75, 3.05) is 11.5 Å². The van der Waals surface area contributed by atoms with E-state index in [0.29, 0.717) is 16.5 Å². The van der Waals surface area contributed by atoms with Gasteiger partial charge in [0.15, 0.2) is 0 Å². The van der Waals surface area contributed by atoms with Crippen molar-refractivity contribution in [1.29, 1.82) is 0 Å². The minimum Gasteiger partial charge on any atom is -0.478 e. The van der Waals surface area contributed by atoms with Gasteiger partial charge < -0.3 is 10.8 Å². The number of carboxylic acids is 1. The lowest BCUT2D eigenvalue weighted by Crippen LogP contribution is -2.04. The van der Waals surface area contributed by atoms with E-state index in [9.17, 15) is 9.18 Å². The number of aromatic carboxylic acids is 1. The van der Waals surface area contributed by atoms with Crippen molar-refractivity contribution in [2.24, 2.45) is 5.92 Å². The zero-order valence-electron chi connectivity index (χ0n) is 9.87. The molecule has 0 amide bonds. The van der Waals surface area contributed by atoms with Gasteiger partial charge >= 0.3 is 5.97 Å². The van der Waals surface area contributed by atoms with E-state index in [4.69, 9.17) is 10.8 Å². The van der Waals surface area contributed by atoms with E-state index in [-0.39, 0.29) is 5.56 Å². The maximum absolute atomic E-state index is 13.4. The van der Waals surface area contributed by atoms with Gasteiger partial charge in [-0.3, -0.25) is 0 Å². The van der Waals surface area contributed by atoms with Crippen molar-refractivity contribution in [3.63, 3.8) is 0 Å². The molecule has 0 aromatic heterocycles. The molecule has 0 spiro atoms. The van der Waals surface area contributed by atoms with Crippen molar-refractivity contribution in [3.05, 3.63) is 23.5 Å². The highest BCUT2D eigenvalue weighted by Gasteiger charge is 2.14. The topological polar surface area (TPSA) is 63.3 Å². The van der Waals surface area contributed by atoms with Crippen LogP contribution in [-0.4, -0.2) is 16.8 Å². The number of nitrogen functional groups attached to an aromatic ring is 1. The van der Waals surface area contributed by atoms with Crippen LogP contribution in [0.15, 0.2) is 17.0 Å². The SMILES string of the molecule is CCC(C)CSc1cc(F)c(C(=O)O)cc1N. The van der Waals surface area contributed by atoms with Crippen LogP contribution in [0.25, 0.3) is 0 Å². The van der Waals surface area contributed by atoms with Crippen molar-refractivity contribution in [2.45, 2.75) is 25.2 Å². The molecule has 1 aromatic rings. The van der Waals surface area contributed by atoms with Gasteiger partial charge in [-0.05, 0) is 18.1 Å². The Bertz CT molecular complexity index is 423. The van der Waals surface area contributed by atoms with Crippen molar-refractivity contribution in [3.8, 4) is 0 Å². The van der Waals surface area contributed by atoms with Crippen molar-refractivity contribution in [1.82, 2.24) is 0 Å². The van der Waals surface area contributed by atoms with Gasteiger partial charge in [0, 0.05) is 16.3 Å². The summed E-state index contributed by atoms with van der Waals surface area (Å²) in [6.07, 6.45) is 1.04. The van der Waals surface area contributed by atoms with E-state index in [0.717, 1.165) is 12.2 Å². The van der Waals surface area contributed by atoms with Crippen LogP contribution in [-0.2, 0) is 0 Å². The van der Waals surface area contributed by atoms with Crippen LogP contribution in [0.5, 0.6) is 0 Å². The highest BCUT2D eigenvalue weighted by molar-refractivity contribution is 7.99. The van der Waals surface area contributed by atoms with E-state index < -0.39 is 11.8 Å². The summed E-state index contributed by atoms with van der Waals surface area (Å²) in [6.45, 7) is 4.19. The maximum atomic E-state index is 13.4. The number of benzene rings is 1. The molecule has 1 rings (SSSR count). The number of halogens is 1. The van der Waals surface area contributed by atoms with Crippen molar-refractivity contribution >= 4 is 23.4 Å². The van der Waals surface area contributed by atoms with E-state index >= 15 is 0 Å². The first-order valence-electron chi connectivity index (χ1n) is 5.40. The second kappa shape index (κ2) is 5.91. The van der Waals surface area contributed by atoms with Crippen LogP contribution in [0.2, 0.25) is 0 Å². The van der Waals surface area contributed by atoms with Crippen LogP contribution in [0.4, 0.5) is 10.1 Å². The molecule has 0 aliphatic heterocycles. The first-order chi connectivity index (χ1) is 7.95. The molecule has 0 aliphatic carbocycles. The lowest BCUT2D eigenvalue weighted by molar-refractivity contribution is 0.0692. The number of hydrogen-bond acceptors (Lipinski definition) is 3. The number of carboxylic acid groups (broad SMARTS) is 1. The average Bonchev–Trinajstić information content (AvgIpc) is 2.28. The summed E-state index contributed by atoms with van der Waals surface area (Å²) in [5.74, 6) is -0.681. The molecular weight excluding hydrogens is 241 g/mol. The fourth-order valence-electron chi connectivity index (χ4n) is 1.21. The molecule has 3 N–H and O–H groups in total. The average molecular weight is 257 g/mol. The highest BCUT2D eigenvalue weighted by atomic mass is 32.2. The van der Waals surface area contributed by atoms with E-state index in [1.165, 1.54) is 23.9 Å². The Labute approximate surface area is 104 Å². The second-order valence-electron chi connectivity index (χ2n) is 4.00. The summed E-state index contributed by atoms with van der Waals surface area (Å²) in [5.41, 5.74) is 5.64. The first-order valence-corrected chi connectivity index (χ1v) is 6.39. The molecule has 0 heterocycles. The molecule has 1 aromatic carbocycles. The standard InChI is InChI=1S/C12H16FNO2S/c1-3-7(2)6-17-11-5-9(13)8(12(15)16)4-10(11)14/h4-5,7H,3,6,14H2,1-2H3,(H,15,16). The zero-order chi connectivity index (χ0) is 13.0. The minimum absolute atomic E-state index is 0.317.